The zero-order valence-electron chi connectivity index (χ0n) is 17.8. The molecule has 1 saturated heterocycles. The Balaban J connectivity index is 1.59. The summed E-state index contributed by atoms with van der Waals surface area (Å²) in [6.45, 7) is 4.31. The van der Waals surface area contributed by atoms with Crippen molar-refractivity contribution in [2.75, 3.05) is 24.6 Å². The van der Waals surface area contributed by atoms with Crippen LogP contribution in [0.3, 0.4) is 0 Å². The molecule has 28 heavy (non-hydrogen) atoms. The monoisotopic (exact) mass is 406 g/mol. The molecule has 0 atom stereocenters. The van der Waals surface area contributed by atoms with Crippen molar-refractivity contribution in [3.05, 3.63) is 35.9 Å². The summed E-state index contributed by atoms with van der Waals surface area (Å²) in [4.78, 5) is 12.5. The van der Waals surface area contributed by atoms with E-state index in [2.05, 4.69) is 24.4 Å². The van der Waals surface area contributed by atoms with Crippen molar-refractivity contribution in [1.29, 1.82) is 0 Å². The summed E-state index contributed by atoms with van der Waals surface area (Å²) >= 11 is 1.90. The van der Waals surface area contributed by atoms with Gasteiger partial charge in [-0.3, -0.25) is 4.79 Å². The molecule has 0 bridgehead atoms. The molecule has 1 heterocycles. The van der Waals surface area contributed by atoms with Gasteiger partial charge in [0.05, 0.1) is 19.5 Å². The number of thioether (sulfide) groups is 1. The van der Waals surface area contributed by atoms with Gasteiger partial charge in [-0.2, -0.15) is 11.8 Å². The summed E-state index contributed by atoms with van der Waals surface area (Å²) < 4.78 is 6.08. The lowest BCUT2D eigenvalue weighted by Crippen LogP contribution is -2.87. The van der Waals surface area contributed by atoms with E-state index in [0.717, 1.165) is 37.2 Å². The summed E-state index contributed by atoms with van der Waals surface area (Å²) in [5.41, 5.74) is 0.748. The van der Waals surface area contributed by atoms with E-state index in [1.807, 2.05) is 30.0 Å². The third-order valence-corrected chi connectivity index (χ3v) is 6.78. The highest BCUT2D eigenvalue weighted by atomic mass is 32.2. The fraction of sp³-hybridized carbons (Fsp3) is 0.708. The van der Waals surface area contributed by atoms with E-state index in [1.165, 1.54) is 57.1 Å². The molecule has 0 amide bonds. The predicted octanol–water partition coefficient (Wildman–Crippen LogP) is 5.05. The molecule has 1 aromatic rings. The molecular weight excluding hydrogens is 366 g/mol. The molecule has 1 aromatic carbocycles. The van der Waals surface area contributed by atoms with Crippen molar-refractivity contribution < 1.29 is 14.8 Å². The Morgan fingerprint density at radius 2 is 1.61 bits per heavy atom. The molecule has 3 nitrogen and oxygen atoms in total. The molecule has 1 fully saturated rings. The highest BCUT2D eigenvalue weighted by Gasteiger charge is 2.39. The van der Waals surface area contributed by atoms with E-state index in [4.69, 9.17) is 4.74 Å². The van der Waals surface area contributed by atoms with Gasteiger partial charge in [-0.15, -0.1) is 0 Å². The van der Waals surface area contributed by atoms with Gasteiger partial charge in [0, 0.05) is 18.6 Å². The number of piperidine rings is 1. The van der Waals surface area contributed by atoms with Crippen LogP contribution in [-0.4, -0.2) is 30.6 Å². The number of ether oxygens (including phenoxy) is 1. The van der Waals surface area contributed by atoms with E-state index < -0.39 is 5.60 Å². The predicted molar refractivity (Wildman–Crippen MR) is 120 cm³/mol. The molecule has 158 valence electrons. The van der Waals surface area contributed by atoms with Gasteiger partial charge in [0.2, 0.25) is 0 Å². The lowest BCUT2D eigenvalue weighted by molar-refractivity contribution is -0.668. The average Bonchev–Trinajstić information content (AvgIpc) is 2.73. The molecule has 0 saturated carbocycles. The lowest BCUT2D eigenvalue weighted by Gasteiger charge is -2.36. The van der Waals surface area contributed by atoms with Crippen LogP contribution in [0.2, 0.25) is 0 Å². The lowest BCUT2D eigenvalue weighted by atomic mass is 9.85. The van der Waals surface area contributed by atoms with Crippen molar-refractivity contribution in [2.24, 2.45) is 0 Å². The molecule has 0 spiro atoms. The Kier molecular flexibility index (Phi) is 11.7. The number of hydrogen-bond donors (Lipinski definition) is 1. The number of carbonyl (C=O) groups is 1. The standard InChI is InChI=1S/C24H39NO2S/c1-2-3-4-5-6-7-8-12-20-28-21-15-23(26)27-24(16-18-25-19-17-24)22-13-10-9-11-14-22/h9-11,13-14,25H,2-8,12,15-21H2,1H3/p+1. The Hall–Kier alpha value is -1.00. The van der Waals surface area contributed by atoms with Crippen molar-refractivity contribution in [2.45, 2.75) is 83.2 Å². The number of hydrogen-bond acceptors (Lipinski definition) is 3. The van der Waals surface area contributed by atoms with Crippen LogP contribution in [0.15, 0.2) is 30.3 Å². The topological polar surface area (TPSA) is 42.9 Å². The molecule has 0 aliphatic carbocycles. The van der Waals surface area contributed by atoms with Crippen LogP contribution in [0.5, 0.6) is 0 Å². The minimum Gasteiger partial charge on any atom is -0.454 e. The summed E-state index contributed by atoms with van der Waals surface area (Å²) in [6.07, 6.45) is 13.2. The number of unbranched alkanes of at least 4 members (excludes halogenated alkanes) is 7. The maximum Gasteiger partial charge on any atom is 0.307 e. The first kappa shape index (κ1) is 23.3. The average molecular weight is 407 g/mol. The summed E-state index contributed by atoms with van der Waals surface area (Å²) in [5.74, 6) is 2.02. The van der Waals surface area contributed by atoms with E-state index in [-0.39, 0.29) is 5.97 Å². The second-order valence-electron chi connectivity index (χ2n) is 8.04. The van der Waals surface area contributed by atoms with Crippen LogP contribution in [0.1, 0.15) is 83.1 Å². The number of carbonyl (C=O) groups excluding carboxylic acids is 1. The highest BCUT2D eigenvalue weighted by molar-refractivity contribution is 7.99. The minimum absolute atomic E-state index is 0.0332. The van der Waals surface area contributed by atoms with Crippen molar-refractivity contribution >= 4 is 17.7 Å². The van der Waals surface area contributed by atoms with Gasteiger partial charge in [-0.1, -0.05) is 82.2 Å². The van der Waals surface area contributed by atoms with Crippen LogP contribution in [-0.2, 0) is 15.1 Å². The van der Waals surface area contributed by atoms with Crippen LogP contribution in [0.4, 0.5) is 0 Å². The van der Waals surface area contributed by atoms with Gasteiger partial charge in [0.15, 0.2) is 0 Å². The van der Waals surface area contributed by atoms with Crippen molar-refractivity contribution in [3.63, 3.8) is 0 Å². The Labute approximate surface area is 176 Å². The molecule has 0 unspecified atom stereocenters. The maximum absolute atomic E-state index is 12.5. The van der Waals surface area contributed by atoms with Crippen molar-refractivity contribution in [3.8, 4) is 0 Å². The first-order chi connectivity index (χ1) is 13.8. The van der Waals surface area contributed by atoms with Gasteiger partial charge in [-0.25, -0.2) is 0 Å². The van der Waals surface area contributed by atoms with Gasteiger partial charge in [-0.05, 0) is 17.7 Å². The van der Waals surface area contributed by atoms with Gasteiger partial charge < -0.3 is 10.1 Å². The zero-order valence-corrected chi connectivity index (χ0v) is 18.6. The van der Waals surface area contributed by atoms with E-state index in [9.17, 15) is 4.79 Å². The second kappa shape index (κ2) is 14.1. The smallest absolute Gasteiger partial charge is 0.307 e. The maximum atomic E-state index is 12.5. The van der Waals surface area contributed by atoms with E-state index in [1.54, 1.807) is 0 Å². The van der Waals surface area contributed by atoms with Gasteiger partial charge in [0.25, 0.3) is 0 Å². The summed E-state index contributed by atoms with van der Waals surface area (Å²) in [5, 5.41) is 2.31. The number of esters is 1. The minimum atomic E-state index is -0.407. The van der Waals surface area contributed by atoms with Gasteiger partial charge in [0.1, 0.15) is 5.60 Å². The molecule has 0 radical (unpaired) electrons. The summed E-state index contributed by atoms with van der Waals surface area (Å²) in [6, 6.07) is 10.3. The molecule has 2 rings (SSSR count). The summed E-state index contributed by atoms with van der Waals surface area (Å²) in [7, 11) is 0. The molecule has 0 aromatic heterocycles. The second-order valence-corrected chi connectivity index (χ2v) is 9.26. The normalized spacial score (nSPS) is 16.0. The number of nitrogens with two attached hydrogens (primary N) is 1. The van der Waals surface area contributed by atoms with Gasteiger partial charge >= 0.3 is 5.97 Å². The SMILES string of the molecule is CCCCCCCCCCSCCC(=O)OC1(c2ccccc2)CC[NH2+]CC1. The first-order valence-corrected chi connectivity index (χ1v) is 12.6. The number of rotatable bonds is 14. The molecule has 1 aliphatic rings. The highest BCUT2D eigenvalue weighted by Crippen LogP contribution is 2.34. The first-order valence-electron chi connectivity index (χ1n) is 11.4. The molecule has 1 aliphatic heterocycles. The number of benzene rings is 1. The van der Waals surface area contributed by atoms with E-state index >= 15 is 0 Å². The number of quaternary nitrogens is 1. The Morgan fingerprint density at radius 1 is 0.964 bits per heavy atom. The largest absolute Gasteiger partial charge is 0.454 e. The fourth-order valence-corrected chi connectivity index (χ4v) is 4.92. The third-order valence-electron chi connectivity index (χ3n) is 5.71. The van der Waals surface area contributed by atoms with Crippen LogP contribution in [0.25, 0.3) is 0 Å². The molecule has 2 N–H and O–H groups in total. The zero-order chi connectivity index (χ0) is 19.9. The molecular formula is C24H40NO2S+. The van der Waals surface area contributed by atoms with Crippen LogP contribution < -0.4 is 5.32 Å². The van der Waals surface area contributed by atoms with Crippen LogP contribution in [0, 0.1) is 0 Å². The van der Waals surface area contributed by atoms with E-state index in [0.29, 0.717) is 6.42 Å². The van der Waals surface area contributed by atoms with Crippen LogP contribution >= 0.6 is 11.8 Å². The van der Waals surface area contributed by atoms with Crippen molar-refractivity contribution in [1.82, 2.24) is 0 Å². The Morgan fingerprint density at radius 3 is 2.29 bits per heavy atom. The fourth-order valence-electron chi connectivity index (χ4n) is 4.00. The third kappa shape index (κ3) is 8.57. The Bertz CT molecular complexity index is 529. The molecule has 4 heteroatoms. The quantitative estimate of drug-likeness (QED) is 0.347.